The zero-order chi connectivity index (χ0) is 13.1. The van der Waals surface area contributed by atoms with Crippen molar-refractivity contribution >= 4 is 21.9 Å². The van der Waals surface area contributed by atoms with Crippen LogP contribution in [-0.4, -0.2) is 15.6 Å². The Hall–Kier alpha value is -1.55. The number of hydrogen-bond acceptors (Lipinski definition) is 1. The second kappa shape index (κ2) is 5.40. The number of hydrogen-bond donors (Lipinski definition) is 1. The van der Waals surface area contributed by atoms with Gasteiger partial charge in [-0.3, -0.25) is 0 Å². The smallest absolute Gasteiger partial charge is 0.352 e. The molecular formula is C14H14BrNO2. The second-order valence-electron chi connectivity index (χ2n) is 4.15. The van der Waals surface area contributed by atoms with E-state index in [2.05, 4.69) is 35.0 Å². The molecule has 0 aliphatic carbocycles. The standard InChI is InChI=1S/C14H14BrNO2/c1-2-10-3-5-11(6-4-10)8-16-9-12(15)7-13(16)14(17)18/h3-7,9H,2,8H2,1H3,(H,17,18). The SMILES string of the molecule is CCc1ccc(Cn2cc(Br)cc2C(=O)O)cc1. The molecule has 0 bridgehead atoms. The summed E-state index contributed by atoms with van der Waals surface area (Å²) in [5, 5.41) is 9.10. The van der Waals surface area contributed by atoms with Crippen LogP contribution in [0.5, 0.6) is 0 Å². The molecule has 0 saturated carbocycles. The first-order valence-electron chi connectivity index (χ1n) is 5.77. The highest BCUT2D eigenvalue weighted by molar-refractivity contribution is 9.10. The number of rotatable bonds is 4. The van der Waals surface area contributed by atoms with Gasteiger partial charge in [0.25, 0.3) is 0 Å². The maximum absolute atomic E-state index is 11.1. The van der Waals surface area contributed by atoms with Crippen molar-refractivity contribution in [2.24, 2.45) is 0 Å². The van der Waals surface area contributed by atoms with E-state index in [0.29, 0.717) is 12.2 Å². The fourth-order valence-electron chi connectivity index (χ4n) is 1.86. The summed E-state index contributed by atoms with van der Waals surface area (Å²) in [4.78, 5) is 11.1. The highest BCUT2D eigenvalue weighted by Gasteiger charge is 2.11. The Morgan fingerprint density at radius 1 is 1.28 bits per heavy atom. The normalized spacial score (nSPS) is 10.6. The maximum Gasteiger partial charge on any atom is 0.352 e. The summed E-state index contributed by atoms with van der Waals surface area (Å²) < 4.78 is 2.51. The number of aromatic carboxylic acids is 1. The van der Waals surface area contributed by atoms with E-state index < -0.39 is 5.97 Å². The lowest BCUT2D eigenvalue weighted by molar-refractivity contribution is 0.0685. The Morgan fingerprint density at radius 3 is 2.44 bits per heavy atom. The lowest BCUT2D eigenvalue weighted by Gasteiger charge is -2.07. The van der Waals surface area contributed by atoms with E-state index >= 15 is 0 Å². The number of carboxylic acid groups (broad SMARTS) is 1. The first-order chi connectivity index (χ1) is 8.60. The van der Waals surface area contributed by atoms with E-state index in [1.807, 2.05) is 12.1 Å². The molecule has 0 fully saturated rings. The van der Waals surface area contributed by atoms with Crippen molar-refractivity contribution in [2.75, 3.05) is 0 Å². The van der Waals surface area contributed by atoms with Crippen LogP contribution < -0.4 is 0 Å². The molecular weight excluding hydrogens is 294 g/mol. The van der Waals surface area contributed by atoms with E-state index in [1.54, 1.807) is 16.8 Å². The zero-order valence-electron chi connectivity index (χ0n) is 10.1. The third-order valence-corrected chi connectivity index (χ3v) is 3.30. The number of benzene rings is 1. The molecule has 1 N–H and O–H groups in total. The summed E-state index contributed by atoms with van der Waals surface area (Å²) in [6.07, 6.45) is 2.80. The molecule has 2 aromatic rings. The van der Waals surface area contributed by atoms with Gasteiger partial charge in [0.05, 0.1) is 0 Å². The molecule has 1 heterocycles. The summed E-state index contributed by atoms with van der Waals surface area (Å²) in [7, 11) is 0. The minimum absolute atomic E-state index is 0.293. The minimum atomic E-state index is -0.911. The van der Waals surface area contributed by atoms with Crippen molar-refractivity contribution in [3.63, 3.8) is 0 Å². The van der Waals surface area contributed by atoms with E-state index in [9.17, 15) is 4.79 Å². The molecule has 4 heteroatoms. The molecule has 0 saturated heterocycles. The van der Waals surface area contributed by atoms with Gasteiger partial charge in [-0.2, -0.15) is 0 Å². The molecule has 94 valence electrons. The number of halogens is 1. The highest BCUT2D eigenvalue weighted by Crippen LogP contribution is 2.17. The Balaban J connectivity index is 2.25. The Bertz CT molecular complexity index is 558. The van der Waals surface area contributed by atoms with Crippen molar-refractivity contribution in [3.8, 4) is 0 Å². The van der Waals surface area contributed by atoms with Crippen molar-refractivity contribution in [1.29, 1.82) is 0 Å². The van der Waals surface area contributed by atoms with Gasteiger partial charge >= 0.3 is 5.97 Å². The summed E-state index contributed by atoms with van der Waals surface area (Å²) in [6, 6.07) is 9.85. The molecule has 2 rings (SSSR count). The van der Waals surface area contributed by atoms with Gasteiger partial charge in [-0.1, -0.05) is 31.2 Å². The Labute approximate surface area is 114 Å². The molecule has 0 aliphatic heterocycles. The van der Waals surface area contributed by atoms with Gasteiger partial charge < -0.3 is 9.67 Å². The fraction of sp³-hybridized carbons (Fsp3) is 0.214. The number of nitrogens with zero attached hydrogens (tertiary/aromatic N) is 1. The van der Waals surface area contributed by atoms with Crippen LogP contribution in [0.4, 0.5) is 0 Å². The van der Waals surface area contributed by atoms with E-state index in [4.69, 9.17) is 5.11 Å². The predicted octanol–water partition coefficient (Wildman–Crippen LogP) is 3.56. The van der Waals surface area contributed by atoms with Crippen LogP contribution in [0.2, 0.25) is 0 Å². The maximum atomic E-state index is 11.1. The number of carboxylic acids is 1. The summed E-state index contributed by atoms with van der Waals surface area (Å²) >= 11 is 3.30. The molecule has 3 nitrogen and oxygen atoms in total. The minimum Gasteiger partial charge on any atom is -0.477 e. The first-order valence-corrected chi connectivity index (χ1v) is 6.56. The molecule has 18 heavy (non-hydrogen) atoms. The van der Waals surface area contributed by atoms with E-state index in [1.165, 1.54) is 5.56 Å². The third-order valence-electron chi connectivity index (χ3n) is 2.87. The van der Waals surface area contributed by atoms with Crippen molar-refractivity contribution in [2.45, 2.75) is 19.9 Å². The molecule has 0 unspecified atom stereocenters. The van der Waals surface area contributed by atoms with Crippen LogP contribution in [-0.2, 0) is 13.0 Å². The summed E-state index contributed by atoms with van der Waals surface area (Å²) in [6.45, 7) is 2.68. The predicted molar refractivity (Wildman–Crippen MR) is 74.0 cm³/mol. The Morgan fingerprint density at radius 2 is 1.89 bits per heavy atom. The molecule has 0 amide bonds. The van der Waals surface area contributed by atoms with E-state index in [0.717, 1.165) is 16.5 Å². The van der Waals surface area contributed by atoms with Gasteiger partial charge in [0, 0.05) is 17.2 Å². The fourth-order valence-corrected chi connectivity index (χ4v) is 2.33. The van der Waals surface area contributed by atoms with Crippen molar-refractivity contribution in [1.82, 2.24) is 4.57 Å². The highest BCUT2D eigenvalue weighted by atomic mass is 79.9. The van der Waals surface area contributed by atoms with Gasteiger partial charge in [0.1, 0.15) is 5.69 Å². The Kier molecular flexibility index (Phi) is 3.87. The molecule has 0 aliphatic rings. The molecule has 0 spiro atoms. The number of carbonyl (C=O) groups is 1. The lowest BCUT2D eigenvalue weighted by atomic mass is 10.1. The monoisotopic (exact) mass is 307 g/mol. The summed E-state index contributed by atoms with van der Waals surface area (Å²) in [5.74, 6) is -0.911. The quantitative estimate of drug-likeness (QED) is 0.938. The number of aryl methyl sites for hydroxylation is 1. The largest absolute Gasteiger partial charge is 0.477 e. The van der Waals surface area contributed by atoms with Gasteiger partial charge in [0.15, 0.2) is 0 Å². The van der Waals surface area contributed by atoms with Gasteiger partial charge in [-0.15, -0.1) is 0 Å². The zero-order valence-corrected chi connectivity index (χ0v) is 11.6. The lowest BCUT2D eigenvalue weighted by Crippen LogP contribution is -2.08. The van der Waals surface area contributed by atoms with Gasteiger partial charge in [0.2, 0.25) is 0 Å². The van der Waals surface area contributed by atoms with Crippen LogP contribution in [0, 0.1) is 0 Å². The molecule has 0 radical (unpaired) electrons. The molecule has 0 atom stereocenters. The average molecular weight is 308 g/mol. The molecule has 1 aromatic carbocycles. The second-order valence-corrected chi connectivity index (χ2v) is 5.06. The van der Waals surface area contributed by atoms with Crippen molar-refractivity contribution in [3.05, 3.63) is 57.8 Å². The van der Waals surface area contributed by atoms with Crippen LogP contribution in [0.25, 0.3) is 0 Å². The van der Waals surface area contributed by atoms with Crippen LogP contribution in [0.15, 0.2) is 41.0 Å². The van der Waals surface area contributed by atoms with Crippen LogP contribution >= 0.6 is 15.9 Å². The van der Waals surface area contributed by atoms with Crippen LogP contribution in [0.1, 0.15) is 28.5 Å². The third kappa shape index (κ3) is 2.82. The van der Waals surface area contributed by atoms with Crippen molar-refractivity contribution < 1.29 is 9.90 Å². The molecule has 1 aromatic heterocycles. The number of aromatic nitrogens is 1. The van der Waals surface area contributed by atoms with Gasteiger partial charge in [-0.05, 0) is 39.5 Å². The summed E-state index contributed by atoms with van der Waals surface area (Å²) in [5.41, 5.74) is 2.67. The average Bonchev–Trinajstić information content (AvgIpc) is 2.71. The van der Waals surface area contributed by atoms with Gasteiger partial charge in [-0.25, -0.2) is 4.79 Å². The topological polar surface area (TPSA) is 42.2 Å². The van der Waals surface area contributed by atoms with E-state index in [-0.39, 0.29) is 0 Å². The van der Waals surface area contributed by atoms with Crippen LogP contribution in [0.3, 0.4) is 0 Å². The first kappa shape index (κ1) is 12.9.